The summed E-state index contributed by atoms with van der Waals surface area (Å²) in [5.74, 6) is 2.09. The molecule has 0 unspecified atom stereocenters. The maximum absolute atomic E-state index is 6.67. The van der Waals surface area contributed by atoms with E-state index in [0.717, 1.165) is 74.7 Å². The van der Waals surface area contributed by atoms with Crippen LogP contribution in [0, 0.1) is 0 Å². The molecule has 9 nitrogen and oxygen atoms in total. The molecule has 0 bridgehead atoms. The number of fused-ring (bicyclic) bond motifs is 1. The van der Waals surface area contributed by atoms with Gasteiger partial charge in [-0.15, -0.1) is 0 Å². The molecule has 40 heavy (non-hydrogen) atoms. The molecule has 1 saturated heterocycles. The Morgan fingerprint density at radius 2 is 2.05 bits per heavy atom. The molecule has 0 spiro atoms. The maximum atomic E-state index is 6.67. The second-order valence-electron chi connectivity index (χ2n) is 10.7. The second kappa shape index (κ2) is 14.0. The Balaban J connectivity index is 0.00000387. The normalized spacial score (nSPS) is 21.5. The van der Waals surface area contributed by atoms with Crippen LogP contribution < -0.4 is 19.7 Å². The van der Waals surface area contributed by atoms with Gasteiger partial charge in [-0.3, -0.25) is 0 Å². The molecule has 5 rings (SSSR count). The van der Waals surface area contributed by atoms with Crippen LogP contribution in [0.4, 0.5) is 5.69 Å². The first-order valence-electron chi connectivity index (χ1n) is 14.5. The number of nitrogens with zero attached hydrogens (tertiary/aromatic N) is 4. The molecule has 2 aliphatic heterocycles. The first kappa shape index (κ1) is 28.4. The summed E-state index contributed by atoms with van der Waals surface area (Å²) in [5, 5.41) is 8.19. The van der Waals surface area contributed by atoms with Crippen LogP contribution >= 0.6 is 0 Å². The van der Waals surface area contributed by atoms with Gasteiger partial charge in [0.1, 0.15) is 30.8 Å². The summed E-state index contributed by atoms with van der Waals surface area (Å²) in [5.41, 5.74) is 3.60. The van der Waals surface area contributed by atoms with Crippen molar-refractivity contribution in [1.29, 1.82) is 0 Å². The van der Waals surface area contributed by atoms with E-state index in [2.05, 4.69) is 69.7 Å². The number of nitrogens with one attached hydrogen (secondary N) is 1. The van der Waals surface area contributed by atoms with Gasteiger partial charge in [0, 0.05) is 40.2 Å². The average Bonchev–Trinajstić information content (AvgIpc) is 3.54. The molecule has 0 saturated carbocycles. The number of hydrogen-bond donors (Lipinski definition) is 1. The molecular weight excluding hydrogens is 506 g/mol. The molecule has 1 fully saturated rings. The molecule has 0 aliphatic carbocycles. The summed E-state index contributed by atoms with van der Waals surface area (Å²) in [4.78, 5) is 6.56. The molecule has 0 amide bonds. The Labute approximate surface area is 239 Å². The zero-order chi connectivity index (χ0) is 27.7. The third-order valence-electron chi connectivity index (χ3n) is 8.20. The Kier molecular flexibility index (Phi) is 9.91. The van der Waals surface area contributed by atoms with Gasteiger partial charge in [0.2, 0.25) is 0 Å². The molecule has 3 heterocycles. The molecule has 3 aromatic rings. The van der Waals surface area contributed by atoms with Crippen molar-refractivity contribution in [2.45, 2.75) is 63.3 Å². The van der Waals surface area contributed by atoms with Crippen molar-refractivity contribution in [3.8, 4) is 11.5 Å². The topological polar surface area (TPSA) is 82.9 Å². The van der Waals surface area contributed by atoms with Gasteiger partial charge in [0.15, 0.2) is 0 Å². The number of piperidine rings is 1. The van der Waals surface area contributed by atoms with Crippen molar-refractivity contribution >= 4 is 5.69 Å². The van der Waals surface area contributed by atoms with Crippen LogP contribution in [-0.4, -0.2) is 74.0 Å². The summed E-state index contributed by atoms with van der Waals surface area (Å²) >= 11 is 0. The molecule has 2 aliphatic rings. The molecule has 218 valence electrons. The van der Waals surface area contributed by atoms with E-state index < -0.39 is 0 Å². The second-order valence-corrected chi connectivity index (χ2v) is 10.7. The highest BCUT2D eigenvalue weighted by Gasteiger charge is 2.33. The highest BCUT2D eigenvalue weighted by Crippen LogP contribution is 2.36. The molecule has 0 radical (unpaired) electrons. The largest absolute Gasteiger partial charge is 0.497 e. The van der Waals surface area contributed by atoms with Gasteiger partial charge in [0.05, 0.1) is 38.1 Å². The van der Waals surface area contributed by atoms with Crippen molar-refractivity contribution in [3.63, 3.8) is 0 Å². The molecule has 2 aromatic carbocycles. The minimum absolute atomic E-state index is 0. The lowest BCUT2D eigenvalue weighted by Crippen LogP contribution is -2.47. The zero-order valence-electron chi connectivity index (χ0n) is 24.0. The summed E-state index contributed by atoms with van der Waals surface area (Å²) in [6.45, 7) is 6.88. The zero-order valence-corrected chi connectivity index (χ0v) is 24.0. The first-order valence-corrected chi connectivity index (χ1v) is 14.5. The van der Waals surface area contributed by atoms with E-state index in [4.69, 9.17) is 18.9 Å². The number of ether oxygens (including phenoxy) is 4. The summed E-state index contributed by atoms with van der Waals surface area (Å²) in [7, 11) is 3.46. The van der Waals surface area contributed by atoms with Crippen molar-refractivity contribution in [3.05, 3.63) is 66.2 Å². The van der Waals surface area contributed by atoms with Crippen LogP contribution in [0.15, 0.2) is 55.1 Å². The van der Waals surface area contributed by atoms with E-state index in [1.54, 1.807) is 20.5 Å². The van der Waals surface area contributed by atoms with Gasteiger partial charge in [-0.05, 0) is 61.1 Å². The van der Waals surface area contributed by atoms with Crippen LogP contribution in [0.2, 0.25) is 0 Å². The Morgan fingerprint density at radius 3 is 2.80 bits per heavy atom. The van der Waals surface area contributed by atoms with Crippen LogP contribution in [-0.2, 0) is 16.1 Å². The van der Waals surface area contributed by atoms with Crippen LogP contribution in [0.1, 0.15) is 57.1 Å². The number of rotatable bonds is 13. The van der Waals surface area contributed by atoms with Gasteiger partial charge in [-0.1, -0.05) is 25.1 Å². The van der Waals surface area contributed by atoms with E-state index in [-0.39, 0.29) is 13.4 Å². The van der Waals surface area contributed by atoms with Crippen LogP contribution in [0.5, 0.6) is 11.5 Å². The smallest absolute Gasteiger partial charge is 0.142 e. The summed E-state index contributed by atoms with van der Waals surface area (Å²) in [6, 6.07) is 15.6. The van der Waals surface area contributed by atoms with Gasteiger partial charge >= 0.3 is 0 Å². The van der Waals surface area contributed by atoms with Gasteiger partial charge in [0.25, 0.3) is 0 Å². The van der Waals surface area contributed by atoms with Crippen LogP contribution in [0.25, 0.3) is 0 Å². The van der Waals surface area contributed by atoms with Crippen molar-refractivity contribution in [1.82, 2.24) is 20.1 Å². The quantitative estimate of drug-likeness (QED) is 0.302. The predicted molar refractivity (Wildman–Crippen MR) is 157 cm³/mol. The lowest BCUT2D eigenvalue weighted by molar-refractivity contribution is 0.00103. The standard InChI is InChI=1S/C31H43N5O4.H2/c1-4-26(36-22-32-21-34-36)17-25-18-28(24-7-9-27(38-3)10-8-24)31(19-33-25)40-20-23-6-11-30-29(16-23)35(13-15-39-30)12-5-14-37-2;/h6-11,16,21-22,25-26,28,31,33H,4-5,12-15,17-20H2,1-3H3;1H/t25-,26+,28+,31-;/m0./s1. The number of benzene rings is 2. The van der Waals surface area contributed by atoms with Crippen molar-refractivity contribution < 1.29 is 20.4 Å². The van der Waals surface area contributed by atoms with Gasteiger partial charge in [-0.2, -0.15) is 5.10 Å². The number of hydrogen-bond acceptors (Lipinski definition) is 8. The number of anilines is 1. The summed E-state index contributed by atoms with van der Waals surface area (Å²) in [6.07, 6.45) is 7.50. The van der Waals surface area contributed by atoms with E-state index >= 15 is 0 Å². The molecular formula is C31H45N5O4. The van der Waals surface area contributed by atoms with Gasteiger partial charge in [-0.25, -0.2) is 9.67 Å². The lowest BCUT2D eigenvalue weighted by atomic mass is 9.82. The molecule has 9 heteroatoms. The third kappa shape index (κ3) is 6.95. The fraction of sp³-hybridized carbons (Fsp3) is 0.548. The van der Waals surface area contributed by atoms with Crippen molar-refractivity contribution in [2.24, 2.45) is 0 Å². The fourth-order valence-corrected chi connectivity index (χ4v) is 5.96. The van der Waals surface area contributed by atoms with Crippen molar-refractivity contribution in [2.75, 3.05) is 52.0 Å². The van der Waals surface area contributed by atoms with E-state index in [0.29, 0.717) is 25.3 Å². The fourth-order valence-electron chi connectivity index (χ4n) is 5.96. The minimum Gasteiger partial charge on any atom is -0.497 e. The Morgan fingerprint density at radius 1 is 1.18 bits per heavy atom. The Hall–Kier alpha value is -3.14. The Bertz CT molecular complexity index is 1180. The van der Waals surface area contributed by atoms with E-state index in [1.807, 2.05) is 11.0 Å². The highest BCUT2D eigenvalue weighted by molar-refractivity contribution is 5.61. The number of methoxy groups -OCH3 is 2. The lowest BCUT2D eigenvalue weighted by Gasteiger charge is -2.38. The average molecular weight is 552 g/mol. The number of aromatic nitrogens is 3. The maximum Gasteiger partial charge on any atom is 0.142 e. The molecule has 1 N–H and O–H groups in total. The SMILES string of the molecule is CC[C@H](C[C@H]1C[C@H](c2ccc(OC)cc2)[C@@H](OCc2ccc3c(c2)N(CCCOC)CCO3)CN1)n1cncn1.[HH]. The van der Waals surface area contributed by atoms with E-state index in [1.165, 1.54) is 5.56 Å². The highest BCUT2D eigenvalue weighted by atomic mass is 16.5. The molecule has 1 aromatic heterocycles. The van der Waals surface area contributed by atoms with Crippen LogP contribution in [0.3, 0.4) is 0 Å². The minimum atomic E-state index is 0. The van der Waals surface area contributed by atoms with E-state index in [9.17, 15) is 0 Å². The predicted octanol–water partition coefficient (Wildman–Crippen LogP) is 4.84. The molecule has 4 atom stereocenters. The monoisotopic (exact) mass is 551 g/mol. The first-order chi connectivity index (χ1) is 19.7. The van der Waals surface area contributed by atoms with Gasteiger partial charge < -0.3 is 29.2 Å². The third-order valence-corrected chi connectivity index (χ3v) is 8.20. The summed E-state index contributed by atoms with van der Waals surface area (Å²) < 4.78 is 25.3.